The van der Waals surface area contributed by atoms with Crippen LogP contribution in [0.1, 0.15) is 18.4 Å². The molecule has 3 rings (SSSR count). The number of sulfone groups is 1. The molecule has 9 heteroatoms. The molecule has 1 aliphatic rings. The molecular formula is C17H19ClN4O3S. The van der Waals surface area contributed by atoms with Crippen molar-refractivity contribution in [3.63, 3.8) is 0 Å². The highest BCUT2D eigenvalue weighted by Gasteiger charge is 2.35. The molecule has 0 saturated carbocycles. The van der Waals surface area contributed by atoms with E-state index < -0.39 is 15.1 Å². The molecule has 0 aliphatic carbocycles. The van der Waals surface area contributed by atoms with Crippen molar-refractivity contribution in [3.05, 3.63) is 47.3 Å². The van der Waals surface area contributed by atoms with E-state index in [0.29, 0.717) is 31.0 Å². The third kappa shape index (κ3) is 3.81. The van der Waals surface area contributed by atoms with Gasteiger partial charge >= 0.3 is 0 Å². The van der Waals surface area contributed by atoms with Crippen LogP contribution in [0, 0.1) is 0 Å². The van der Waals surface area contributed by atoms with Crippen molar-refractivity contribution < 1.29 is 13.2 Å². The highest BCUT2D eigenvalue weighted by atomic mass is 35.5. The van der Waals surface area contributed by atoms with Crippen molar-refractivity contribution in [1.82, 2.24) is 19.7 Å². The maximum atomic E-state index is 12.6. The summed E-state index contributed by atoms with van der Waals surface area (Å²) in [5, 5.41) is 7.34. The zero-order valence-corrected chi connectivity index (χ0v) is 15.8. The predicted molar refractivity (Wildman–Crippen MR) is 98.3 cm³/mol. The van der Waals surface area contributed by atoms with Gasteiger partial charge in [0.2, 0.25) is 20.9 Å². The van der Waals surface area contributed by atoms with Crippen molar-refractivity contribution in [3.8, 4) is 0 Å². The molecule has 26 heavy (non-hydrogen) atoms. The summed E-state index contributed by atoms with van der Waals surface area (Å²) in [7, 11) is -1.94. The number of piperidine rings is 1. The van der Waals surface area contributed by atoms with Gasteiger partial charge in [-0.2, -0.15) is 0 Å². The first kappa shape index (κ1) is 18.6. The van der Waals surface area contributed by atoms with Gasteiger partial charge in [0, 0.05) is 31.2 Å². The molecule has 1 saturated heterocycles. The Labute approximate surface area is 157 Å². The van der Waals surface area contributed by atoms with Gasteiger partial charge in [-0.3, -0.25) is 4.79 Å². The van der Waals surface area contributed by atoms with Crippen LogP contribution in [-0.4, -0.2) is 52.3 Å². The van der Waals surface area contributed by atoms with Crippen LogP contribution >= 0.6 is 11.6 Å². The standard InChI is InChI=1S/C17H19ClN4O3S/c1-21-12-19-20-17(21)26(24,25)14-8-10-22(11-9-14)16(23)7-6-13-4-2-3-5-15(13)18/h2-7,12,14H,8-11H2,1H3/b7-6+. The highest BCUT2D eigenvalue weighted by Crippen LogP contribution is 2.23. The summed E-state index contributed by atoms with van der Waals surface area (Å²) < 4.78 is 26.7. The van der Waals surface area contributed by atoms with Crippen molar-refractivity contribution in [2.45, 2.75) is 23.2 Å². The Bertz CT molecular complexity index is 931. The van der Waals surface area contributed by atoms with Gasteiger partial charge in [0.05, 0.1) is 5.25 Å². The SMILES string of the molecule is Cn1cnnc1S(=O)(=O)C1CCN(C(=O)/C=C/c2ccccc2Cl)CC1. The summed E-state index contributed by atoms with van der Waals surface area (Å²) >= 11 is 6.07. The lowest BCUT2D eigenvalue weighted by molar-refractivity contribution is -0.126. The first-order valence-corrected chi connectivity index (χ1v) is 10.1. The van der Waals surface area contributed by atoms with Gasteiger partial charge in [-0.25, -0.2) is 8.42 Å². The molecule has 1 aliphatic heterocycles. The first-order valence-electron chi connectivity index (χ1n) is 8.19. The monoisotopic (exact) mass is 394 g/mol. The lowest BCUT2D eigenvalue weighted by atomic mass is 10.1. The number of benzene rings is 1. The largest absolute Gasteiger partial charge is 0.339 e. The van der Waals surface area contributed by atoms with Gasteiger partial charge in [0.1, 0.15) is 6.33 Å². The minimum absolute atomic E-state index is 0.0270. The molecule has 0 radical (unpaired) electrons. The molecule has 1 aromatic heterocycles. The van der Waals surface area contributed by atoms with Crippen LogP contribution in [-0.2, 0) is 21.7 Å². The Morgan fingerprint density at radius 1 is 1.27 bits per heavy atom. The summed E-state index contributed by atoms with van der Waals surface area (Å²) in [6, 6.07) is 7.25. The molecule has 0 spiro atoms. The Morgan fingerprint density at radius 3 is 2.58 bits per heavy atom. The van der Waals surface area contributed by atoms with Crippen LogP contribution in [0.15, 0.2) is 41.8 Å². The summed E-state index contributed by atoms with van der Waals surface area (Å²) in [5.74, 6) is -0.153. The fraction of sp³-hybridized carbons (Fsp3) is 0.353. The Morgan fingerprint density at radius 2 is 1.96 bits per heavy atom. The van der Waals surface area contributed by atoms with Gasteiger partial charge in [0.25, 0.3) is 0 Å². The molecular weight excluding hydrogens is 376 g/mol. The number of hydrogen-bond donors (Lipinski definition) is 0. The van der Waals surface area contributed by atoms with Gasteiger partial charge < -0.3 is 9.47 Å². The molecule has 7 nitrogen and oxygen atoms in total. The van der Waals surface area contributed by atoms with E-state index in [-0.39, 0.29) is 11.1 Å². The van der Waals surface area contributed by atoms with Crippen molar-refractivity contribution in [2.75, 3.05) is 13.1 Å². The fourth-order valence-corrected chi connectivity index (χ4v) is 4.88. The van der Waals surface area contributed by atoms with E-state index >= 15 is 0 Å². The zero-order chi connectivity index (χ0) is 18.7. The van der Waals surface area contributed by atoms with E-state index in [2.05, 4.69) is 10.2 Å². The van der Waals surface area contributed by atoms with E-state index in [1.165, 1.54) is 17.0 Å². The number of hydrogen-bond acceptors (Lipinski definition) is 5. The lowest BCUT2D eigenvalue weighted by Crippen LogP contribution is -2.42. The van der Waals surface area contributed by atoms with Crippen LogP contribution in [0.2, 0.25) is 5.02 Å². The van der Waals surface area contributed by atoms with Gasteiger partial charge in [-0.1, -0.05) is 29.8 Å². The van der Waals surface area contributed by atoms with Crippen molar-refractivity contribution in [1.29, 1.82) is 0 Å². The summed E-state index contributed by atoms with van der Waals surface area (Å²) in [5.41, 5.74) is 0.766. The second kappa shape index (κ2) is 7.59. The minimum Gasteiger partial charge on any atom is -0.339 e. The number of halogens is 1. The number of nitrogens with zero attached hydrogens (tertiary/aromatic N) is 4. The lowest BCUT2D eigenvalue weighted by Gasteiger charge is -2.30. The van der Waals surface area contributed by atoms with Crippen molar-refractivity contribution in [2.24, 2.45) is 7.05 Å². The maximum absolute atomic E-state index is 12.6. The van der Waals surface area contributed by atoms with Crippen molar-refractivity contribution >= 4 is 33.4 Å². The Balaban J connectivity index is 1.62. The normalized spacial score (nSPS) is 16.3. The first-order chi connectivity index (χ1) is 12.4. The van der Waals surface area contributed by atoms with Crippen LogP contribution in [0.4, 0.5) is 0 Å². The summed E-state index contributed by atoms with van der Waals surface area (Å²) in [6.45, 7) is 0.765. The molecule has 0 bridgehead atoms. The fourth-order valence-electron chi connectivity index (χ4n) is 2.94. The third-order valence-corrected chi connectivity index (χ3v) is 7.00. The zero-order valence-electron chi connectivity index (χ0n) is 14.2. The van der Waals surface area contributed by atoms with Gasteiger partial charge in [-0.15, -0.1) is 10.2 Å². The Kier molecular flexibility index (Phi) is 5.43. The van der Waals surface area contributed by atoms with Crippen LogP contribution in [0.3, 0.4) is 0 Å². The predicted octanol–water partition coefficient (Wildman–Crippen LogP) is 1.95. The molecule has 0 unspecified atom stereocenters. The molecule has 1 amide bonds. The van der Waals surface area contributed by atoms with E-state index in [4.69, 9.17) is 11.6 Å². The van der Waals surface area contributed by atoms with Crippen LogP contribution in [0.5, 0.6) is 0 Å². The quantitative estimate of drug-likeness (QED) is 0.740. The van der Waals surface area contributed by atoms with E-state index in [0.717, 1.165) is 5.56 Å². The second-order valence-corrected chi connectivity index (χ2v) is 8.68. The molecule has 1 aromatic carbocycles. The number of amides is 1. The van der Waals surface area contributed by atoms with E-state index in [1.54, 1.807) is 24.1 Å². The van der Waals surface area contributed by atoms with Gasteiger partial charge in [0.15, 0.2) is 0 Å². The number of carbonyl (C=O) groups excluding carboxylic acids is 1. The van der Waals surface area contributed by atoms with Crippen LogP contribution in [0.25, 0.3) is 6.08 Å². The Hall–Kier alpha value is -2.19. The van der Waals surface area contributed by atoms with E-state index in [1.807, 2.05) is 18.2 Å². The van der Waals surface area contributed by atoms with Crippen LogP contribution < -0.4 is 0 Å². The van der Waals surface area contributed by atoms with Gasteiger partial charge in [-0.05, 0) is 30.5 Å². The number of aryl methyl sites for hydroxylation is 1. The molecule has 138 valence electrons. The average Bonchev–Trinajstić information content (AvgIpc) is 3.08. The number of carbonyl (C=O) groups is 1. The smallest absolute Gasteiger partial charge is 0.249 e. The number of likely N-dealkylation sites (tertiary alicyclic amines) is 1. The summed E-state index contributed by atoms with van der Waals surface area (Å²) in [6.07, 6.45) is 5.26. The molecule has 2 aromatic rings. The third-order valence-electron chi connectivity index (χ3n) is 4.43. The molecule has 2 heterocycles. The topological polar surface area (TPSA) is 85.2 Å². The number of rotatable bonds is 4. The maximum Gasteiger partial charge on any atom is 0.249 e. The molecule has 0 N–H and O–H groups in total. The number of aromatic nitrogens is 3. The second-order valence-electron chi connectivity index (χ2n) is 6.15. The summed E-state index contributed by atoms with van der Waals surface area (Å²) in [4.78, 5) is 14.0. The molecule has 1 fully saturated rings. The minimum atomic E-state index is -3.54. The average molecular weight is 395 g/mol. The van der Waals surface area contributed by atoms with E-state index in [9.17, 15) is 13.2 Å². The molecule has 0 atom stereocenters. The highest BCUT2D eigenvalue weighted by molar-refractivity contribution is 7.91.